The minimum absolute atomic E-state index is 0.833. The number of hydrogen-bond donors (Lipinski definition) is 0. The highest BCUT2D eigenvalue weighted by molar-refractivity contribution is 7.16. The molecule has 0 saturated carbocycles. The zero-order chi connectivity index (χ0) is 14.7. The van der Waals surface area contributed by atoms with E-state index >= 15 is 0 Å². The van der Waals surface area contributed by atoms with Crippen LogP contribution in [-0.4, -0.2) is 17.9 Å². The monoisotopic (exact) mass is 297 g/mol. The molecule has 0 radical (unpaired) electrons. The van der Waals surface area contributed by atoms with E-state index in [0.717, 1.165) is 16.1 Å². The summed E-state index contributed by atoms with van der Waals surface area (Å²) < 4.78 is 8.38. The maximum atomic E-state index is 5.12. The SMILES string of the molecule is COc1ccc(C=NN=c2sc3ccccc3n2C)cc1. The molecule has 0 N–H and O–H groups in total. The minimum atomic E-state index is 0.833. The van der Waals surface area contributed by atoms with Gasteiger partial charge in [-0.15, -0.1) is 5.10 Å². The van der Waals surface area contributed by atoms with Gasteiger partial charge in [0.05, 0.1) is 23.5 Å². The van der Waals surface area contributed by atoms with Crippen LogP contribution < -0.4 is 9.54 Å². The topological polar surface area (TPSA) is 38.9 Å². The summed E-state index contributed by atoms with van der Waals surface area (Å²) in [6, 6.07) is 15.9. The number of hydrogen-bond acceptors (Lipinski definition) is 4. The summed E-state index contributed by atoms with van der Waals surface area (Å²) in [5, 5.41) is 8.47. The van der Waals surface area contributed by atoms with Crippen molar-refractivity contribution in [3.8, 4) is 5.75 Å². The van der Waals surface area contributed by atoms with E-state index < -0.39 is 0 Å². The quantitative estimate of drug-likeness (QED) is 0.540. The molecular weight excluding hydrogens is 282 g/mol. The zero-order valence-corrected chi connectivity index (χ0v) is 12.7. The standard InChI is InChI=1S/C16H15N3OS/c1-19-14-5-3-4-6-15(14)21-16(19)18-17-11-12-7-9-13(20-2)10-8-12/h3-11H,1-2H3. The lowest BCUT2D eigenvalue weighted by Crippen LogP contribution is -2.08. The Morgan fingerprint density at radius 3 is 2.57 bits per heavy atom. The number of fused-ring (bicyclic) bond motifs is 1. The molecule has 2 aromatic carbocycles. The third-order valence-corrected chi connectivity index (χ3v) is 4.28. The molecule has 3 aromatic rings. The van der Waals surface area contributed by atoms with E-state index in [1.165, 1.54) is 10.2 Å². The molecule has 0 aliphatic rings. The molecule has 4 nitrogen and oxygen atoms in total. The van der Waals surface area contributed by atoms with E-state index in [4.69, 9.17) is 4.74 Å². The number of rotatable bonds is 3. The van der Waals surface area contributed by atoms with Crippen molar-refractivity contribution in [1.82, 2.24) is 4.57 Å². The maximum Gasteiger partial charge on any atom is 0.211 e. The first-order valence-electron chi connectivity index (χ1n) is 6.53. The van der Waals surface area contributed by atoms with Gasteiger partial charge in [-0.1, -0.05) is 23.5 Å². The third kappa shape index (κ3) is 2.87. The van der Waals surface area contributed by atoms with Gasteiger partial charge in [-0.05, 0) is 42.0 Å². The number of aromatic nitrogens is 1. The van der Waals surface area contributed by atoms with Crippen molar-refractivity contribution < 1.29 is 4.74 Å². The van der Waals surface area contributed by atoms with Crippen LogP contribution >= 0.6 is 11.3 Å². The fraction of sp³-hybridized carbons (Fsp3) is 0.125. The molecule has 21 heavy (non-hydrogen) atoms. The van der Waals surface area contributed by atoms with Gasteiger partial charge >= 0.3 is 0 Å². The molecule has 0 aliphatic carbocycles. The average molecular weight is 297 g/mol. The lowest BCUT2D eigenvalue weighted by molar-refractivity contribution is 0.415. The summed E-state index contributed by atoms with van der Waals surface area (Å²) in [6.45, 7) is 0. The highest BCUT2D eigenvalue weighted by Gasteiger charge is 2.00. The minimum Gasteiger partial charge on any atom is -0.497 e. The second kappa shape index (κ2) is 5.93. The van der Waals surface area contributed by atoms with Crippen molar-refractivity contribution in [2.45, 2.75) is 0 Å². The number of benzene rings is 2. The van der Waals surface area contributed by atoms with Crippen LogP contribution in [0, 0.1) is 0 Å². The molecule has 3 rings (SSSR count). The van der Waals surface area contributed by atoms with Crippen LogP contribution in [0.4, 0.5) is 0 Å². The van der Waals surface area contributed by atoms with Gasteiger partial charge in [0, 0.05) is 7.05 Å². The first-order chi connectivity index (χ1) is 10.3. The Balaban J connectivity index is 1.89. The Bertz CT molecular complexity index is 844. The van der Waals surface area contributed by atoms with Crippen molar-refractivity contribution in [2.75, 3.05) is 7.11 Å². The van der Waals surface area contributed by atoms with Gasteiger partial charge in [-0.3, -0.25) is 0 Å². The highest BCUT2D eigenvalue weighted by atomic mass is 32.1. The van der Waals surface area contributed by atoms with Crippen molar-refractivity contribution in [2.24, 2.45) is 17.3 Å². The molecule has 0 amide bonds. The van der Waals surface area contributed by atoms with Gasteiger partial charge < -0.3 is 9.30 Å². The number of nitrogens with zero attached hydrogens (tertiary/aromatic N) is 3. The largest absolute Gasteiger partial charge is 0.497 e. The Kier molecular flexibility index (Phi) is 3.83. The summed E-state index contributed by atoms with van der Waals surface area (Å²) in [5.41, 5.74) is 2.16. The zero-order valence-electron chi connectivity index (χ0n) is 11.9. The molecule has 0 fully saturated rings. The molecule has 0 unspecified atom stereocenters. The van der Waals surface area contributed by atoms with Gasteiger partial charge in [-0.2, -0.15) is 5.10 Å². The van der Waals surface area contributed by atoms with Crippen molar-refractivity contribution in [1.29, 1.82) is 0 Å². The van der Waals surface area contributed by atoms with Crippen LogP contribution in [0.15, 0.2) is 58.7 Å². The Morgan fingerprint density at radius 1 is 1.10 bits per heavy atom. The number of aryl methyl sites for hydroxylation is 1. The molecule has 5 heteroatoms. The number of ether oxygens (including phenoxy) is 1. The molecule has 0 aliphatic heterocycles. The molecule has 0 saturated heterocycles. The molecule has 0 atom stereocenters. The Morgan fingerprint density at radius 2 is 1.86 bits per heavy atom. The second-order valence-corrected chi connectivity index (χ2v) is 5.54. The summed E-state index contributed by atoms with van der Waals surface area (Å²) in [4.78, 5) is 0.876. The maximum absolute atomic E-state index is 5.12. The van der Waals surface area contributed by atoms with Crippen LogP contribution in [-0.2, 0) is 7.05 Å². The predicted molar refractivity (Wildman–Crippen MR) is 86.9 cm³/mol. The average Bonchev–Trinajstić information content (AvgIpc) is 2.85. The number of thiazole rings is 1. The van der Waals surface area contributed by atoms with E-state index in [0.29, 0.717) is 0 Å². The van der Waals surface area contributed by atoms with E-state index in [1.54, 1.807) is 24.7 Å². The third-order valence-electron chi connectivity index (χ3n) is 3.18. The first-order valence-corrected chi connectivity index (χ1v) is 7.35. The van der Waals surface area contributed by atoms with Crippen LogP contribution in [0.1, 0.15) is 5.56 Å². The van der Waals surface area contributed by atoms with Crippen molar-refractivity contribution in [3.63, 3.8) is 0 Å². The molecular formula is C16H15N3OS. The van der Waals surface area contributed by atoms with Gasteiger partial charge in [0.15, 0.2) is 0 Å². The van der Waals surface area contributed by atoms with E-state index in [2.05, 4.69) is 22.3 Å². The molecule has 106 valence electrons. The predicted octanol–water partition coefficient (Wildman–Crippen LogP) is 3.18. The molecule has 1 aromatic heterocycles. The van der Waals surface area contributed by atoms with Gasteiger partial charge in [0.25, 0.3) is 0 Å². The summed E-state index contributed by atoms with van der Waals surface area (Å²) in [6.07, 6.45) is 1.74. The van der Waals surface area contributed by atoms with Crippen LogP contribution in [0.3, 0.4) is 0 Å². The lowest BCUT2D eigenvalue weighted by Gasteiger charge is -1.97. The van der Waals surface area contributed by atoms with E-state index in [-0.39, 0.29) is 0 Å². The number of para-hydroxylation sites is 1. The lowest BCUT2D eigenvalue weighted by atomic mass is 10.2. The fourth-order valence-electron chi connectivity index (χ4n) is 2.01. The van der Waals surface area contributed by atoms with E-state index in [9.17, 15) is 0 Å². The highest BCUT2D eigenvalue weighted by Crippen LogP contribution is 2.15. The van der Waals surface area contributed by atoms with Gasteiger partial charge in [0.2, 0.25) is 4.80 Å². The summed E-state index contributed by atoms with van der Waals surface area (Å²) in [5.74, 6) is 0.833. The number of methoxy groups -OCH3 is 1. The van der Waals surface area contributed by atoms with Gasteiger partial charge in [0.1, 0.15) is 5.75 Å². The van der Waals surface area contributed by atoms with Crippen LogP contribution in [0.25, 0.3) is 10.2 Å². The molecule has 0 spiro atoms. The second-order valence-electron chi connectivity index (χ2n) is 4.53. The Hall–Kier alpha value is -2.40. The molecule has 0 bridgehead atoms. The molecule has 1 heterocycles. The Labute approximate surface area is 126 Å². The smallest absolute Gasteiger partial charge is 0.211 e. The van der Waals surface area contributed by atoms with E-state index in [1.807, 2.05) is 48.0 Å². The summed E-state index contributed by atoms with van der Waals surface area (Å²) in [7, 11) is 3.65. The van der Waals surface area contributed by atoms with Crippen molar-refractivity contribution >= 4 is 27.8 Å². The van der Waals surface area contributed by atoms with Crippen LogP contribution in [0.5, 0.6) is 5.75 Å². The summed E-state index contributed by atoms with van der Waals surface area (Å²) >= 11 is 1.63. The van der Waals surface area contributed by atoms with Crippen LogP contribution in [0.2, 0.25) is 0 Å². The normalized spacial score (nSPS) is 12.4. The van der Waals surface area contributed by atoms with Gasteiger partial charge in [-0.25, -0.2) is 0 Å². The first kappa shape index (κ1) is 13.6. The fourth-order valence-corrected chi connectivity index (χ4v) is 2.99. The van der Waals surface area contributed by atoms with Crippen molar-refractivity contribution in [3.05, 3.63) is 58.9 Å².